The van der Waals surface area contributed by atoms with E-state index in [0.717, 1.165) is 30.7 Å². The minimum atomic E-state index is -0.0110. The van der Waals surface area contributed by atoms with E-state index in [2.05, 4.69) is 12.2 Å². The minimum Gasteiger partial charge on any atom is -0.389 e. The first-order chi connectivity index (χ1) is 9.13. The molecule has 0 heterocycles. The van der Waals surface area contributed by atoms with Gasteiger partial charge in [-0.3, -0.25) is 4.79 Å². The molecular formula is C14H20N2O2S. The smallest absolute Gasteiger partial charge is 0.224 e. The van der Waals surface area contributed by atoms with Crippen molar-refractivity contribution in [2.45, 2.75) is 26.2 Å². The molecule has 4 nitrogen and oxygen atoms in total. The van der Waals surface area contributed by atoms with Crippen molar-refractivity contribution in [3.05, 3.63) is 29.8 Å². The number of rotatable bonds is 8. The highest BCUT2D eigenvalue weighted by molar-refractivity contribution is 7.80. The quantitative estimate of drug-likeness (QED) is 0.567. The zero-order valence-electron chi connectivity index (χ0n) is 11.1. The van der Waals surface area contributed by atoms with Gasteiger partial charge in [0.25, 0.3) is 0 Å². The number of thiocarbonyl (C=S) groups is 1. The van der Waals surface area contributed by atoms with Crippen molar-refractivity contribution in [2.24, 2.45) is 5.73 Å². The molecule has 104 valence electrons. The SMILES string of the molecule is CCCOCCCC(=O)Nc1ccc(C(N)=S)cc1. The predicted molar refractivity (Wildman–Crippen MR) is 81.3 cm³/mol. The highest BCUT2D eigenvalue weighted by Gasteiger charge is 2.03. The Labute approximate surface area is 119 Å². The predicted octanol–water partition coefficient (Wildman–Crippen LogP) is 2.47. The van der Waals surface area contributed by atoms with Gasteiger partial charge in [0, 0.05) is 30.9 Å². The van der Waals surface area contributed by atoms with E-state index in [-0.39, 0.29) is 5.91 Å². The average molecular weight is 280 g/mol. The number of amides is 1. The molecule has 0 fully saturated rings. The first-order valence-electron chi connectivity index (χ1n) is 6.41. The monoisotopic (exact) mass is 280 g/mol. The summed E-state index contributed by atoms with van der Waals surface area (Å²) in [6, 6.07) is 7.17. The van der Waals surface area contributed by atoms with Crippen LogP contribution in [0.5, 0.6) is 0 Å². The van der Waals surface area contributed by atoms with E-state index >= 15 is 0 Å². The van der Waals surface area contributed by atoms with Crippen LogP contribution in [0, 0.1) is 0 Å². The largest absolute Gasteiger partial charge is 0.389 e. The van der Waals surface area contributed by atoms with Crippen LogP contribution in [0.1, 0.15) is 31.7 Å². The molecule has 0 aliphatic heterocycles. The molecule has 19 heavy (non-hydrogen) atoms. The van der Waals surface area contributed by atoms with Gasteiger partial charge in [-0.15, -0.1) is 0 Å². The Morgan fingerprint density at radius 2 is 2.00 bits per heavy atom. The maximum absolute atomic E-state index is 11.6. The molecule has 0 atom stereocenters. The van der Waals surface area contributed by atoms with Gasteiger partial charge < -0.3 is 15.8 Å². The highest BCUT2D eigenvalue weighted by Crippen LogP contribution is 2.10. The number of hydrogen-bond donors (Lipinski definition) is 2. The zero-order chi connectivity index (χ0) is 14.1. The van der Waals surface area contributed by atoms with Gasteiger partial charge in [0.1, 0.15) is 4.99 Å². The summed E-state index contributed by atoms with van der Waals surface area (Å²) in [4.78, 5) is 12.0. The number of carbonyl (C=O) groups is 1. The first-order valence-corrected chi connectivity index (χ1v) is 6.81. The second-order valence-corrected chi connectivity index (χ2v) is 4.65. The maximum atomic E-state index is 11.6. The van der Waals surface area contributed by atoms with Crippen LogP contribution < -0.4 is 11.1 Å². The Balaban J connectivity index is 2.30. The topological polar surface area (TPSA) is 64.3 Å². The van der Waals surface area contributed by atoms with Crippen LogP contribution in [0.2, 0.25) is 0 Å². The molecular weight excluding hydrogens is 260 g/mol. The molecule has 1 rings (SSSR count). The van der Waals surface area contributed by atoms with Crippen LogP contribution in [0.25, 0.3) is 0 Å². The number of nitrogens with one attached hydrogen (secondary N) is 1. The molecule has 0 spiro atoms. The van der Waals surface area contributed by atoms with E-state index in [9.17, 15) is 4.79 Å². The third-order valence-corrected chi connectivity index (χ3v) is 2.73. The van der Waals surface area contributed by atoms with Crippen molar-refractivity contribution in [3.63, 3.8) is 0 Å². The maximum Gasteiger partial charge on any atom is 0.224 e. The standard InChI is InChI=1S/C14H20N2O2S/c1-2-9-18-10-3-4-13(17)16-12-7-5-11(6-8-12)14(15)19/h5-8H,2-4,9-10H2,1H3,(H2,15,19)(H,16,17). The second kappa shape index (κ2) is 8.61. The van der Waals surface area contributed by atoms with Gasteiger partial charge in [0.2, 0.25) is 5.91 Å². The molecule has 1 aromatic carbocycles. The summed E-state index contributed by atoms with van der Waals surface area (Å²) in [6.45, 7) is 3.44. The molecule has 0 aliphatic rings. The van der Waals surface area contributed by atoms with Gasteiger partial charge in [-0.05, 0) is 37.1 Å². The van der Waals surface area contributed by atoms with Gasteiger partial charge in [-0.2, -0.15) is 0 Å². The molecule has 0 saturated heterocycles. The van der Waals surface area contributed by atoms with Crippen LogP contribution >= 0.6 is 12.2 Å². The first kappa shape index (κ1) is 15.6. The van der Waals surface area contributed by atoms with E-state index in [1.54, 1.807) is 24.3 Å². The number of benzene rings is 1. The lowest BCUT2D eigenvalue weighted by atomic mass is 10.2. The number of carbonyl (C=O) groups excluding carboxylic acids is 1. The van der Waals surface area contributed by atoms with Crippen molar-refractivity contribution in [2.75, 3.05) is 18.5 Å². The molecule has 0 unspecified atom stereocenters. The number of anilines is 1. The zero-order valence-corrected chi connectivity index (χ0v) is 12.0. The second-order valence-electron chi connectivity index (χ2n) is 4.21. The Hall–Kier alpha value is -1.46. The number of hydrogen-bond acceptors (Lipinski definition) is 3. The van der Waals surface area contributed by atoms with Crippen molar-refractivity contribution >= 4 is 28.8 Å². The van der Waals surface area contributed by atoms with Gasteiger partial charge in [-0.1, -0.05) is 19.1 Å². The summed E-state index contributed by atoms with van der Waals surface area (Å²) < 4.78 is 5.32. The van der Waals surface area contributed by atoms with E-state index in [0.29, 0.717) is 18.0 Å². The molecule has 1 amide bonds. The number of nitrogens with two attached hydrogens (primary N) is 1. The average Bonchev–Trinajstić information content (AvgIpc) is 2.39. The van der Waals surface area contributed by atoms with E-state index < -0.39 is 0 Å². The fourth-order valence-electron chi connectivity index (χ4n) is 1.52. The summed E-state index contributed by atoms with van der Waals surface area (Å²) in [5.41, 5.74) is 7.04. The van der Waals surface area contributed by atoms with Crippen molar-refractivity contribution in [1.29, 1.82) is 0 Å². The van der Waals surface area contributed by atoms with Crippen molar-refractivity contribution in [1.82, 2.24) is 0 Å². The molecule has 0 aliphatic carbocycles. The summed E-state index contributed by atoms with van der Waals surface area (Å²) in [5.74, 6) is -0.0110. The fraction of sp³-hybridized carbons (Fsp3) is 0.429. The van der Waals surface area contributed by atoms with Crippen LogP contribution in [0.4, 0.5) is 5.69 Å². The van der Waals surface area contributed by atoms with Gasteiger partial charge in [0.05, 0.1) is 0 Å². The molecule has 5 heteroatoms. The molecule has 0 aromatic heterocycles. The van der Waals surface area contributed by atoms with Crippen molar-refractivity contribution in [3.8, 4) is 0 Å². The highest BCUT2D eigenvalue weighted by atomic mass is 32.1. The normalized spacial score (nSPS) is 10.2. The van der Waals surface area contributed by atoms with Crippen LogP contribution in [0.3, 0.4) is 0 Å². The van der Waals surface area contributed by atoms with E-state index in [1.807, 2.05) is 0 Å². The summed E-state index contributed by atoms with van der Waals surface area (Å²) >= 11 is 4.86. The minimum absolute atomic E-state index is 0.0110. The number of ether oxygens (including phenoxy) is 1. The molecule has 1 aromatic rings. The molecule has 0 radical (unpaired) electrons. The Morgan fingerprint density at radius 1 is 1.32 bits per heavy atom. The molecule has 3 N–H and O–H groups in total. The van der Waals surface area contributed by atoms with Gasteiger partial charge in [0.15, 0.2) is 0 Å². The Morgan fingerprint density at radius 3 is 2.58 bits per heavy atom. The fourth-order valence-corrected chi connectivity index (χ4v) is 1.66. The van der Waals surface area contributed by atoms with Gasteiger partial charge >= 0.3 is 0 Å². The summed E-state index contributed by atoms with van der Waals surface area (Å²) in [7, 11) is 0. The molecule has 0 bridgehead atoms. The Bertz CT molecular complexity index is 418. The third-order valence-electron chi connectivity index (χ3n) is 2.49. The van der Waals surface area contributed by atoms with Crippen LogP contribution in [-0.4, -0.2) is 24.1 Å². The lowest BCUT2D eigenvalue weighted by Crippen LogP contribution is -2.13. The summed E-state index contributed by atoms with van der Waals surface area (Å²) in [6.07, 6.45) is 2.19. The van der Waals surface area contributed by atoms with E-state index in [4.69, 9.17) is 22.7 Å². The van der Waals surface area contributed by atoms with Crippen LogP contribution in [-0.2, 0) is 9.53 Å². The Kier molecular flexibility index (Phi) is 7.07. The van der Waals surface area contributed by atoms with Crippen molar-refractivity contribution < 1.29 is 9.53 Å². The lowest BCUT2D eigenvalue weighted by molar-refractivity contribution is -0.116. The lowest BCUT2D eigenvalue weighted by Gasteiger charge is -2.06. The third kappa shape index (κ3) is 6.31. The molecule has 0 saturated carbocycles. The van der Waals surface area contributed by atoms with E-state index in [1.165, 1.54) is 0 Å². The summed E-state index contributed by atoms with van der Waals surface area (Å²) in [5, 5.41) is 2.82. The van der Waals surface area contributed by atoms with Gasteiger partial charge in [-0.25, -0.2) is 0 Å². The van der Waals surface area contributed by atoms with Crippen LogP contribution in [0.15, 0.2) is 24.3 Å².